The van der Waals surface area contributed by atoms with Crippen LogP contribution in [0.25, 0.3) is 0 Å². The van der Waals surface area contributed by atoms with Gasteiger partial charge in [-0.25, -0.2) is 9.97 Å². The largest absolute Gasteiger partial charge is 0.232 e. The summed E-state index contributed by atoms with van der Waals surface area (Å²) in [5.74, 6) is 4.68. The molecule has 3 heteroatoms. The zero-order chi connectivity index (χ0) is 13.0. The summed E-state index contributed by atoms with van der Waals surface area (Å²) in [6, 6.07) is 2.04. The minimum absolute atomic E-state index is 0.310. The first kappa shape index (κ1) is 11.4. The van der Waals surface area contributed by atoms with Crippen molar-refractivity contribution in [3.8, 4) is 6.07 Å². The molecule has 4 bridgehead atoms. The summed E-state index contributed by atoms with van der Waals surface area (Å²) in [5, 5.41) is 8.89. The second kappa shape index (κ2) is 4.03. The second-order valence-corrected chi connectivity index (χ2v) is 6.80. The summed E-state index contributed by atoms with van der Waals surface area (Å²) in [7, 11) is 0. The fourth-order valence-corrected chi connectivity index (χ4v) is 5.29. The lowest BCUT2D eigenvalue weighted by Gasteiger charge is -2.54. The molecule has 0 saturated heterocycles. The Morgan fingerprint density at radius 1 is 1.11 bits per heavy atom. The predicted octanol–water partition coefficient (Wildman–Crippen LogP) is 3.20. The summed E-state index contributed by atoms with van der Waals surface area (Å²) in [6.45, 7) is 2.04. The number of aryl methyl sites for hydroxylation is 1. The number of nitrogens with zero attached hydrogens (tertiary/aromatic N) is 3. The van der Waals surface area contributed by atoms with Crippen LogP contribution in [-0.4, -0.2) is 9.97 Å². The van der Waals surface area contributed by atoms with Crippen molar-refractivity contribution in [2.75, 3.05) is 0 Å². The molecule has 0 aliphatic heterocycles. The molecule has 5 rings (SSSR count). The monoisotopic (exact) mass is 253 g/mol. The van der Waals surface area contributed by atoms with Gasteiger partial charge in [-0.3, -0.25) is 0 Å². The molecule has 0 aromatic carbocycles. The van der Waals surface area contributed by atoms with E-state index in [9.17, 15) is 0 Å². The summed E-state index contributed by atoms with van der Waals surface area (Å²) < 4.78 is 0. The smallest absolute Gasteiger partial charge is 0.227 e. The van der Waals surface area contributed by atoms with Gasteiger partial charge in [0.2, 0.25) is 5.82 Å². The molecular weight excluding hydrogens is 234 g/mol. The van der Waals surface area contributed by atoms with Crippen molar-refractivity contribution in [2.45, 2.75) is 44.9 Å². The molecular formula is C16H19N3. The van der Waals surface area contributed by atoms with Crippen molar-refractivity contribution < 1.29 is 0 Å². The third-order valence-electron chi connectivity index (χ3n) is 5.70. The highest BCUT2D eigenvalue weighted by Gasteiger charge is 2.49. The number of rotatable bonds is 1. The molecule has 0 radical (unpaired) electrons. The zero-order valence-electron chi connectivity index (χ0n) is 11.3. The molecule has 4 aliphatic rings. The molecule has 4 aliphatic carbocycles. The standard InChI is InChI=1S/C16H19N3/c1-9-14(8-18-15(7-17)19-9)16-12-3-10-2-11(5-12)6-13(16)4-10/h8,10-13,16H,2-6H2,1H3. The molecule has 0 spiro atoms. The van der Waals surface area contributed by atoms with Crippen LogP contribution < -0.4 is 0 Å². The van der Waals surface area contributed by atoms with Crippen LogP contribution in [0.2, 0.25) is 0 Å². The fraction of sp³-hybridized carbons (Fsp3) is 0.688. The van der Waals surface area contributed by atoms with Gasteiger partial charge in [-0.15, -0.1) is 0 Å². The third kappa shape index (κ3) is 1.69. The van der Waals surface area contributed by atoms with Gasteiger partial charge in [0.05, 0.1) is 0 Å². The number of aromatic nitrogens is 2. The highest BCUT2D eigenvalue weighted by atomic mass is 14.9. The SMILES string of the molecule is Cc1nc(C#N)ncc1C1C2CC3CC(C2)CC1C3. The Morgan fingerprint density at radius 2 is 1.74 bits per heavy atom. The van der Waals surface area contributed by atoms with E-state index in [-0.39, 0.29) is 0 Å². The molecule has 0 unspecified atom stereocenters. The average molecular weight is 253 g/mol. The van der Waals surface area contributed by atoms with Crippen LogP contribution in [-0.2, 0) is 0 Å². The lowest BCUT2D eigenvalue weighted by atomic mass is 9.51. The first-order valence-corrected chi connectivity index (χ1v) is 7.48. The number of hydrogen-bond donors (Lipinski definition) is 0. The van der Waals surface area contributed by atoms with E-state index in [0.717, 1.165) is 29.4 Å². The molecule has 4 fully saturated rings. The van der Waals surface area contributed by atoms with E-state index in [1.54, 1.807) is 0 Å². The third-order valence-corrected chi connectivity index (χ3v) is 5.70. The van der Waals surface area contributed by atoms with E-state index in [1.807, 2.05) is 19.2 Å². The summed E-state index contributed by atoms with van der Waals surface area (Å²) in [4.78, 5) is 8.57. The Kier molecular flexibility index (Phi) is 2.42. The van der Waals surface area contributed by atoms with E-state index >= 15 is 0 Å². The van der Waals surface area contributed by atoms with Gasteiger partial charge in [0, 0.05) is 11.9 Å². The van der Waals surface area contributed by atoms with Crippen molar-refractivity contribution in [3.05, 3.63) is 23.3 Å². The molecule has 4 saturated carbocycles. The van der Waals surface area contributed by atoms with Gasteiger partial charge in [-0.05, 0) is 74.2 Å². The molecule has 19 heavy (non-hydrogen) atoms. The fourth-order valence-electron chi connectivity index (χ4n) is 5.29. The van der Waals surface area contributed by atoms with Gasteiger partial charge in [0.1, 0.15) is 6.07 Å². The van der Waals surface area contributed by atoms with Crippen molar-refractivity contribution in [1.29, 1.82) is 5.26 Å². The molecule has 98 valence electrons. The molecule has 0 atom stereocenters. The van der Waals surface area contributed by atoms with E-state index in [1.165, 1.54) is 37.7 Å². The molecule has 1 aromatic heterocycles. The van der Waals surface area contributed by atoms with Crippen molar-refractivity contribution in [3.63, 3.8) is 0 Å². The Morgan fingerprint density at radius 3 is 2.26 bits per heavy atom. The predicted molar refractivity (Wildman–Crippen MR) is 71.3 cm³/mol. The van der Waals surface area contributed by atoms with Gasteiger partial charge in [0.25, 0.3) is 0 Å². The molecule has 0 amide bonds. The highest BCUT2D eigenvalue weighted by Crippen LogP contribution is 2.59. The molecule has 0 N–H and O–H groups in total. The molecule has 1 heterocycles. The molecule has 1 aromatic rings. The second-order valence-electron chi connectivity index (χ2n) is 6.80. The van der Waals surface area contributed by atoms with Crippen LogP contribution in [0.15, 0.2) is 6.20 Å². The van der Waals surface area contributed by atoms with E-state index in [2.05, 4.69) is 9.97 Å². The maximum absolute atomic E-state index is 8.89. The number of nitriles is 1. The van der Waals surface area contributed by atoms with Crippen molar-refractivity contribution in [1.82, 2.24) is 9.97 Å². The lowest BCUT2D eigenvalue weighted by Crippen LogP contribution is -2.44. The quantitative estimate of drug-likeness (QED) is 0.772. The van der Waals surface area contributed by atoms with Crippen LogP contribution in [0.3, 0.4) is 0 Å². The van der Waals surface area contributed by atoms with Gasteiger partial charge in [-0.2, -0.15) is 5.26 Å². The minimum Gasteiger partial charge on any atom is -0.227 e. The van der Waals surface area contributed by atoms with Crippen LogP contribution >= 0.6 is 0 Å². The Labute approximate surface area is 114 Å². The Hall–Kier alpha value is -1.43. The topological polar surface area (TPSA) is 49.6 Å². The van der Waals surface area contributed by atoms with Gasteiger partial charge >= 0.3 is 0 Å². The van der Waals surface area contributed by atoms with Gasteiger partial charge in [-0.1, -0.05) is 0 Å². The first-order valence-electron chi connectivity index (χ1n) is 7.48. The van der Waals surface area contributed by atoms with Crippen molar-refractivity contribution >= 4 is 0 Å². The maximum atomic E-state index is 8.89. The van der Waals surface area contributed by atoms with E-state index < -0.39 is 0 Å². The summed E-state index contributed by atoms with van der Waals surface area (Å²) >= 11 is 0. The Balaban J connectivity index is 1.71. The van der Waals surface area contributed by atoms with Crippen LogP contribution in [0, 0.1) is 41.9 Å². The van der Waals surface area contributed by atoms with Crippen LogP contribution in [0.4, 0.5) is 0 Å². The van der Waals surface area contributed by atoms with Gasteiger partial charge < -0.3 is 0 Å². The summed E-state index contributed by atoms with van der Waals surface area (Å²) in [5.41, 5.74) is 2.36. The van der Waals surface area contributed by atoms with Crippen LogP contribution in [0.5, 0.6) is 0 Å². The van der Waals surface area contributed by atoms with Crippen molar-refractivity contribution in [2.24, 2.45) is 23.7 Å². The normalized spacial score (nSPS) is 39.3. The summed E-state index contributed by atoms with van der Waals surface area (Å²) in [6.07, 6.45) is 9.08. The van der Waals surface area contributed by atoms with E-state index in [0.29, 0.717) is 11.7 Å². The highest BCUT2D eigenvalue weighted by molar-refractivity contribution is 5.27. The van der Waals surface area contributed by atoms with E-state index in [4.69, 9.17) is 5.26 Å². The Bertz CT molecular complexity index is 530. The first-order chi connectivity index (χ1) is 9.24. The molecule has 3 nitrogen and oxygen atoms in total. The van der Waals surface area contributed by atoms with Crippen LogP contribution in [0.1, 0.15) is 55.1 Å². The number of hydrogen-bond acceptors (Lipinski definition) is 3. The lowest BCUT2D eigenvalue weighted by molar-refractivity contribution is -0.00322. The maximum Gasteiger partial charge on any atom is 0.232 e. The minimum atomic E-state index is 0.310. The zero-order valence-corrected chi connectivity index (χ0v) is 11.3. The van der Waals surface area contributed by atoms with Gasteiger partial charge in [0.15, 0.2) is 0 Å². The average Bonchev–Trinajstić information content (AvgIpc) is 2.39.